The maximum absolute atomic E-state index is 11.4. The summed E-state index contributed by atoms with van der Waals surface area (Å²) in [5.41, 5.74) is 3.37. The maximum Gasteiger partial charge on any atom is 0.264 e. The fourth-order valence-corrected chi connectivity index (χ4v) is 2.26. The van der Waals surface area contributed by atoms with E-state index in [1.54, 1.807) is 0 Å². The van der Waals surface area contributed by atoms with Crippen LogP contribution in [-0.2, 0) is 4.79 Å². The van der Waals surface area contributed by atoms with Gasteiger partial charge in [0.2, 0.25) is 0 Å². The molecule has 3 nitrogen and oxygen atoms in total. The Morgan fingerprint density at radius 3 is 2.69 bits per heavy atom. The van der Waals surface area contributed by atoms with Crippen LogP contribution in [0.5, 0.6) is 0 Å². The van der Waals surface area contributed by atoms with Crippen molar-refractivity contribution in [2.24, 2.45) is 0 Å². The minimum atomic E-state index is -0.185. The van der Waals surface area contributed by atoms with Crippen LogP contribution in [0, 0.1) is 19.3 Å². The van der Waals surface area contributed by atoms with Crippen molar-refractivity contribution in [3.8, 4) is 0 Å². The molecule has 1 heterocycles. The third-order valence-corrected chi connectivity index (χ3v) is 3.20. The van der Waals surface area contributed by atoms with Crippen molar-refractivity contribution in [2.75, 3.05) is 0 Å². The first kappa shape index (κ1) is 11.0. The Balaban J connectivity index is 2.36. The Morgan fingerprint density at radius 2 is 2.12 bits per heavy atom. The van der Waals surface area contributed by atoms with E-state index in [0.29, 0.717) is 4.91 Å². The highest BCUT2D eigenvalue weighted by Gasteiger charge is 2.22. The summed E-state index contributed by atoms with van der Waals surface area (Å²) in [5, 5.41) is 10.0. The van der Waals surface area contributed by atoms with E-state index in [4.69, 9.17) is 5.41 Å². The van der Waals surface area contributed by atoms with E-state index in [0.717, 1.165) is 11.1 Å². The number of nitrogens with one attached hydrogen (secondary N) is 2. The zero-order chi connectivity index (χ0) is 11.7. The predicted molar refractivity (Wildman–Crippen MR) is 67.4 cm³/mol. The lowest BCUT2D eigenvalue weighted by molar-refractivity contribution is -0.115. The van der Waals surface area contributed by atoms with Crippen LogP contribution in [0.4, 0.5) is 0 Å². The smallest absolute Gasteiger partial charge is 0.264 e. The summed E-state index contributed by atoms with van der Waals surface area (Å²) >= 11 is 1.17. The highest BCUT2D eigenvalue weighted by Crippen LogP contribution is 2.26. The van der Waals surface area contributed by atoms with Gasteiger partial charge in [-0.25, -0.2) is 0 Å². The lowest BCUT2D eigenvalue weighted by Gasteiger charge is -2.02. The van der Waals surface area contributed by atoms with Crippen LogP contribution < -0.4 is 5.32 Å². The van der Waals surface area contributed by atoms with Gasteiger partial charge in [0.15, 0.2) is 5.17 Å². The van der Waals surface area contributed by atoms with Crippen LogP contribution in [0.25, 0.3) is 6.08 Å². The molecule has 0 aliphatic carbocycles. The molecular formula is C12H12N2OS. The molecule has 1 aromatic rings. The van der Waals surface area contributed by atoms with Crippen molar-refractivity contribution in [3.63, 3.8) is 0 Å². The van der Waals surface area contributed by atoms with Gasteiger partial charge in [0, 0.05) is 0 Å². The van der Waals surface area contributed by atoms with Crippen LogP contribution in [0.15, 0.2) is 23.1 Å². The Kier molecular flexibility index (Phi) is 2.83. The Bertz CT molecular complexity index is 506. The van der Waals surface area contributed by atoms with Crippen molar-refractivity contribution in [3.05, 3.63) is 39.8 Å². The number of carbonyl (C=O) groups excluding carboxylic acids is 1. The van der Waals surface area contributed by atoms with Gasteiger partial charge in [0.25, 0.3) is 5.91 Å². The Morgan fingerprint density at radius 1 is 1.38 bits per heavy atom. The van der Waals surface area contributed by atoms with Gasteiger partial charge in [-0.2, -0.15) is 0 Å². The standard InChI is InChI=1S/C12H12N2OS/c1-7-3-4-9(8(2)5-7)6-10-11(15)14-12(13)16-10/h3-6H,1-2H3,(H2,13,14,15)/b10-6+. The molecule has 1 fully saturated rings. The van der Waals surface area contributed by atoms with Gasteiger partial charge < -0.3 is 5.32 Å². The fourth-order valence-electron chi connectivity index (χ4n) is 1.57. The highest BCUT2D eigenvalue weighted by molar-refractivity contribution is 8.18. The van der Waals surface area contributed by atoms with Crippen LogP contribution in [0.1, 0.15) is 16.7 Å². The molecule has 0 aromatic heterocycles. The lowest BCUT2D eigenvalue weighted by atomic mass is 10.1. The second kappa shape index (κ2) is 4.14. The minimum Gasteiger partial charge on any atom is -0.301 e. The number of thioether (sulfide) groups is 1. The lowest BCUT2D eigenvalue weighted by Crippen LogP contribution is -2.18. The minimum absolute atomic E-state index is 0.185. The first-order chi connectivity index (χ1) is 7.56. The number of benzene rings is 1. The summed E-state index contributed by atoms with van der Waals surface area (Å²) in [7, 11) is 0. The average molecular weight is 232 g/mol. The molecule has 0 unspecified atom stereocenters. The first-order valence-corrected chi connectivity index (χ1v) is 5.74. The molecule has 16 heavy (non-hydrogen) atoms. The van der Waals surface area contributed by atoms with E-state index < -0.39 is 0 Å². The van der Waals surface area contributed by atoms with Gasteiger partial charge in [0.05, 0.1) is 4.91 Å². The van der Waals surface area contributed by atoms with Gasteiger partial charge in [-0.15, -0.1) is 0 Å². The molecule has 1 aliphatic rings. The molecule has 82 valence electrons. The Hall–Kier alpha value is -1.55. The van der Waals surface area contributed by atoms with Crippen LogP contribution in [0.3, 0.4) is 0 Å². The first-order valence-electron chi connectivity index (χ1n) is 4.93. The van der Waals surface area contributed by atoms with Crippen molar-refractivity contribution in [1.82, 2.24) is 5.32 Å². The molecule has 0 spiro atoms. The van der Waals surface area contributed by atoms with E-state index >= 15 is 0 Å². The van der Waals surface area contributed by atoms with E-state index in [9.17, 15) is 4.79 Å². The molecule has 1 aromatic carbocycles. The molecular weight excluding hydrogens is 220 g/mol. The molecule has 0 bridgehead atoms. The molecule has 1 aliphatic heterocycles. The van der Waals surface area contributed by atoms with Gasteiger partial charge in [-0.3, -0.25) is 10.2 Å². The van der Waals surface area contributed by atoms with Crippen molar-refractivity contribution < 1.29 is 4.79 Å². The van der Waals surface area contributed by atoms with Crippen LogP contribution >= 0.6 is 11.8 Å². The monoisotopic (exact) mass is 232 g/mol. The third kappa shape index (κ3) is 2.17. The predicted octanol–water partition coefficient (Wildman–Crippen LogP) is 2.44. The summed E-state index contributed by atoms with van der Waals surface area (Å²) in [6, 6.07) is 6.09. The van der Waals surface area contributed by atoms with E-state index in [-0.39, 0.29) is 11.1 Å². The highest BCUT2D eigenvalue weighted by atomic mass is 32.2. The third-order valence-electron chi connectivity index (χ3n) is 2.37. The second-order valence-corrected chi connectivity index (χ2v) is 4.81. The van der Waals surface area contributed by atoms with Gasteiger partial charge in [-0.1, -0.05) is 23.8 Å². The van der Waals surface area contributed by atoms with Crippen LogP contribution in [0.2, 0.25) is 0 Å². The quantitative estimate of drug-likeness (QED) is 0.731. The second-order valence-electron chi connectivity index (χ2n) is 3.75. The zero-order valence-electron chi connectivity index (χ0n) is 9.13. The van der Waals surface area contributed by atoms with Crippen molar-refractivity contribution in [1.29, 1.82) is 5.41 Å². The number of hydrogen-bond acceptors (Lipinski definition) is 3. The molecule has 0 radical (unpaired) electrons. The molecule has 0 atom stereocenters. The summed E-state index contributed by atoms with van der Waals surface area (Å²) in [6.07, 6.45) is 1.83. The van der Waals surface area contributed by atoms with Crippen LogP contribution in [-0.4, -0.2) is 11.1 Å². The van der Waals surface area contributed by atoms with E-state index in [1.165, 1.54) is 17.3 Å². The largest absolute Gasteiger partial charge is 0.301 e. The van der Waals surface area contributed by atoms with Crippen molar-refractivity contribution in [2.45, 2.75) is 13.8 Å². The van der Waals surface area contributed by atoms with E-state index in [1.807, 2.05) is 32.1 Å². The summed E-state index contributed by atoms with van der Waals surface area (Å²) in [4.78, 5) is 12.0. The number of hydrogen-bond donors (Lipinski definition) is 2. The molecule has 2 N–H and O–H groups in total. The number of aryl methyl sites for hydroxylation is 2. The number of amides is 1. The maximum atomic E-state index is 11.4. The molecule has 2 rings (SSSR count). The fraction of sp³-hybridized carbons (Fsp3) is 0.167. The van der Waals surface area contributed by atoms with Gasteiger partial charge >= 0.3 is 0 Å². The van der Waals surface area contributed by atoms with Crippen molar-refractivity contribution >= 4 is 28.9 Å². The zero-order valence-corrected chi connectivity index (χ0v) is 9.94. The number of amidine groups is 1. The summed E-state index contributed by atoms with van der Waals surface area (Å²) in [6.45, 7) is 4.05. The molecule has 0 saturated carbocycles. The number of rotatable bonds is 1. The molecule has 1 amide bonds. The molecule has 4 heteroatoms. The van der Waals surface area contributed by atoms with E-state index in [2.05, 4.69) is 11.4 Å². The Labute approximate surface area is 98.4 Å². The average Bonchev–Trinajstić information content (AvgIpc) is 2.50. The SMILES string of the molecule is Cc1ccc(/C=C2/SC(=N)NC2=O)c(C)c1. The normalized spacial score (nSPS) is 18.0. The van der Waals surface area contributed by atoms with Gasteiger partial charge in [-0.05, 0) is 42.8 Å². The molecule has 1 saturated heterocycles. The summed E-state index contributed by atoms with van der Waals surface area (Å²) < 4.78 is 0. The number of carbonyl (C=O) groups is 1. The summed E-state index contributed by atoms with van der Waals surface area (Å²) in [5.74, 6) is -0.185. The van der Waals surface area contributed by atoms with Gasteiger partial charge in [0.1, 0.15) is 0 Å². The topological polar surface area (TPSA) is 53.0 Å².